The number of aromatic amines is 1. The van der Waals surface area contributed by atoms with Crippen LogP contribution in [0.1, 0.15) is 54.4 Å². The zero-order chi connectivity index (χ0) is 24.2. The van der Waals surface area contributed by atoms with E-state index in [-0.39, 0.29) is 5.92 Å². The monoisotopic (exact) mass is 481 g/mol. The molecule has 10 heteroatoms. The summed E-state index contributed by atoms with van der Waals surface area (Å²) in [6.45, 7) is 2.11. The van der Waals surface area contributed by atoms with Crippen molar-refractivity contribution in [2.45, 2.75) is 44.3 Å². The predicted molar refractivity (Wildman–Crippen MR) is 124 cm³/mol. The molecule has 7 nitrogen and oxygen atoms in total. The molecule has 3 aromatic heterocycles. The lowest BCUT2D eigenvalue weighted by Gasteiger charge is -2.33. The average Bonchev–Trinajstić information content (AvgIpc) is 3.38. The minimum Gasteiger partial charge on any atom is -0.320 e. The molecule has 0 amide bonds. The fraction of sp³-hybridized carbons (Fsp3) is 0.440. The number of pyridine rings is 1. The Morgan fingerprint density at radius 3 is 2.60 bits per heavy atom. The van der Waals surface area contributed by atoms with E-state index < -0.39 is 11.9 Å². The number of nitrogens with one attached hydrogen (secondary N) is 1. The molecule has 1 saturated heterocycles. The summed E-state index contributed by atoms with van der Waals surface area (Å²) in [5, 5.41) is 16.4. The number of aromatic nitrogens is 6. The molecule has 0 unspecified atom stereocenters. The molecule has 1 aliphatic carbocycles. The number of alkyl halides is 3. The number of halogens is 3. The number of likely N-dealkylation sites (tertiary alicyclic amines) is 1. The van der Waals surface area contributed by atoms with E-state index in [1.54, 1.807) is 6.33 Å². The second-order valence-corrected chi connectivity index (χ2v) is 9.67. The van der Waals surface area contributed by atoms with Crippen molar-refractivity contribution in [1.29, 1.82) is 0 Å². The second-order valence-electron chi connectivity index (χ2n) is 9.67. The molecule has 1 aromatic carbocycles. The van der Waals surface area contributed by atoms with Gasteiger partial charge in [-0.05, 0) is 56.0 Å². The van der Waals surface area contributed by atoms with Gasteiger partial charge in [-0.25, -0.2) is 4.98 Å². The normalized spacial score (nSPS) is 17.9. The van der Waals surface area contributed by atoms with Crippen LogP contribution in [0, 0.1) is 5.92 Å². The Labute approximate surface area is 200 Å². The highest BCUT2D eigenvalue weighted by molar-refractivity contribution is 5.94. The van der Waals surface area contributed by atoms with Gasteiger partial charge >= 0.3 is 6.18 Å². The predicted octanol–water partition coefficient (Wildman–Crippen LogP) is 4.91. The van der Waals surface area contributed by atoms with Crippen molar-refractivity contribution in [2.24, 2.45) is 13.0 Å². The molecule has 1 aliphatic heterocycles. The highest BCUT2D eigenvalue weighted by Gasteiger charge is 2.35. The number of fused-ring (bicyclic) bond motifs is 1. The molecule has 0 bridgehead atoms. The number of rotatable bonds is 6. The minimum atomic E-state index is -4.53. The SMILES string of the molecule is Cn1cnnc1[C@@H](c1cccc(-c2n[nH]c3c(CN4CCC4)nc(C(F)(F)F)cc23)c1)C1CCC1. The third-order valence-electron chi connectivity index (χ3n) is 7.41. The third-order valence-corrected chi connectivity index (χ3v) is 7.41. The van der Waals surface area contributed by atoms with Gasteiger partial charge in [0.1, 0.15) is 23.5 Å². The molecular formula is C25H26F3N7. The molecule has 1 atom stereocenters. The number of hydrogen-bond acceptors (Lipinski definition) is 5. The van der Waals surface area contributed by atoms with Crippen LogP contribution >= 0.6 is 0 Å². The Bertz CT molecular complexity index is 1370. The lowest BCUT2D eigenvalue weighted by atomic mass is 9.72. The second kappa shape index (κ2) is 8.44. The van der Waals surface area contributed by atoms with Gasteiger partial charge in [0.15, 0.2) is 0 Å². The zero-order valence-electron chi connectivity index (χ0n) is 19.4. The summed E-state index contributed by atoms with van der Waals surface area (Å²) >= 11 is 0. The van der Waals surface area contributed by atoms with Crippen LogP contribution in [0.2, 0.25) is 0 Å². The molecule has 2 aliphatic rings. The molecule has 182 valence electrons. The maximum atomic E-state index is 13.7. The van der Waals surface area contributed by atoms with E-state index >= 15 is 0 Å². The maximum Gasteiger partial charge on any atom is 0.433 e. The first kappa shape index (κ1) is 22.2. The number of aryl methyl sites for hydroxylation is 1. The van der Waals surface area contributed by atoms with E-state index in [4.69, 9.17) is 0 Å². The van der Waals surface area contributed by atoms with Gasteiger partial charge in [0.25, 0.3) is 0 Å². The lowest BCUT2D eigenvalue weighted by molar-refractivity contribution is -0.141. The quantitative estimate of drug-likeness (QED) is 0.424. The van der Waals surface area contributed by atoms with Crippen LogP contribution in [0.25, 0.3) is 22.2 Å². The Morgan fingerprint density at radius 2 is 1.97 bits per heavy atom. The van der Waals surface area contributed by atoms with Crippen LogP contribution in [0.3, 0.4) is 0 Å². The summed E-state index contributed by atoms with van der Waals surface area (Å²) in [6.07, 6.45) is 1.65. The first-order valence-electron chi connectivity index (χ1n) is 12.0. The fourth-order valence-corrected chi connectivity index (χ4v) is 5.17. The van der Waals surface area contributed by atoms with Gasteiger partial charge in [0, 0.05) is 30.5 Å². The average molecular weight is 482 g/mol. The molecule has 4 aromatic rings. The van der Waals surface area contributed by atoms with E-state index in [2.05, 4.69) is 36.3 Å². The van der Waals surface area contributed by atoms with Crippen molar-refractivity contribution in [3.05, 3.63) is 59.4 Å². The van der Waals surface area contributed by atoms with Crippen LogP contribution in [0.4, 0.5) is 13.2 Å². The van der Waals surface area contributed by atoms with E-state index in [9.17, 15) is 13.2 Å². The minimum absolute atomic E-state index is 0.0794. The Kier molecular flexibility index (Phi) is 5.36. The Morgan fingerprint density at radius 1 is 1.14 bits per heavy atom. The van der Waals surface area contributed by atoms with Gasteiger partial charge in [-0.15, -0.1) is 10.2 Å². The summed E-state index contributed by atoms with van der Waals surface area (Å²) in [7, 11) is 1.94. The molecule has 2 fully saturated rings. The van der Waals surface area contributed by atoms with E-state index in [1.807, 2.05) is 29.8 Å². The molecule has 0 radical (unpaired) electrons. The van der Waals surface area contributed by atoms with Crippen molar-refractivity contribution in [3.63, 3.8) is 0 Å². The van der Waals surface area contributed by atoms with E-state index in [0.29, 0.717) is 34.8 Å². The van der Waals surface area contributed by atoms with Crippen molar-refractivity contribution < 1.29 is 13.2 Å². The highest BCUT2D eigenvalue weighted by atomic mass is 19.4. The van der Waals surface area contributed by atoms with Crippen LogP contribution in [-0.2, 0) is 19.8 Å². The van der Waals surface area contributed by atoms with Gasteiger partial charge in [0.05, 0.1) is 11.2 Å². The smallest absolute Gasteiger partial charge is 0.320 e. The molecule has 1 saturated carbocycles. The van der Waals surface area contributed by atoms with Crippen molar-refractivity contribution in [1.82, 2.24) is 34.8 Å². The zero-order valence-corrected chi connectivity index (χ0v) is 19.4. The number of nitrogens with zero attached hydrogens (tertiary/aromatic N) is 6. The van der Waals surface area contributed by atoms with Crippen LogP contribution in [0.5, 0.6) is 0 Å². The first-order chi connectivity index (χ1) is 16.9. The Hall–Kier alpha value is -3.27. The summed E-state index contributed by atoms with van der Waals surface area (Å²) < 4.78 is 43.2. The van der Waals surface area contributed by atoms with Gasteiger partial charge in [0.2, 0.25) is 0 Å². The standard InChI is InChI=1S/C25H26F3N7/c1-34-14-29-33-24(34)21(15-5-2-6-15)16-7-3-8-17(11-16)22-18-12-20(25(26,27)28)30-19(23(18)32-31-22)13-35-9-4-10-35/h3,7-8,11-12,14-15,21H,2,4-6,9-10,13H2,1H3,(H,31,32)/t21-/m1/s1. The molecule has 0 spiro atoms. The van der Waals surface area contributed by atoms with E-state index in [1.165, 1.54) is 6.42 Å². The van der Waals surface area contributed by atoms with Crippen molar-refractivity contribution >= 4 is 10.9 Å². The molecule has 35 heavy (non-hydrogen) atoms. The van der Waals surface area contributed by atoms with Gasteiger partial charge in [-0.1, -0.05) is 24.6 Å². The van der Waals surface area contributed by atoms with Crippen molar-refractivity contribution in [2.75, 3.05) is 13.1 Å². The topological polar surface area (TPSA) is 75.5 Å². The van der Waals surface area contributed by atoms with Crippen molar-refractivity contribution in [3.8, 4) is 11.3 Å². The maximum absolute atomic E-state index is 13.7. The van der Waals surface area contributed by atoms with Gasteiger partial charge < -0.3 is 4.57 Å². The van der Waals surface area contributed by atoms with Crippen LogP contribution < -0.4 is 0 Å². The summed E-state index contributed by atoms with van der Waals surface area (Å²) in [6, 6.07) is 9.06. The summed E-state index contributed by atoms with van der Waals surface area (Å²) in [5.41, 5.74) is 2.42. The number of benzene rings is 1. The molecule has 4 heterocycles. The Balaban J connectivity index is 1.45. The largest absolute Gasteiger partial charge is 0.433 e. The van der Waals surface area contributed by atoms with Crippen LogP contribution in [-0.4, -0.2) is 47.9 Å². The summed E-state index contributed by atoms with van der Waals surface area (Å²) in [5.74, 6) is 1.45. The summed E-state index contributed by atoms with van der Waals surface area (Å²) in [4.78, 5) is 6.07. The van der Waals surface area contributed by atoms with E-state index in [0.717, 1.165) is 55.4 Å². The fourth-order valence-electron chi connectivity index (χ4n) is 5.17. The molecule has 6 rings (SSSR count). The molecule has 1 N–H and O–H groups in total. The van der Waals surface area contributed by atoms with Gasteiger partial charge in [-0.3, -0.25) is 10.00 Å². The number of H-pyrrole nitrogens is 1. The number of hydrogen-bond donors (Lipinski definition) is 1. The van der Waals surface area contributed by atoms with Gasteiger partial charge in [-0.2, -0.15) is 18.3 Å². The van der Waals surface area contributed by atoms with Crippen LogP contribution in [0.15, 0.2) is 36.7 Å². The highest BCUT2D eigenvalue weighted by Crippen LogP contribution is 2.43. The lowest BCUT2D eigenvalue weighted by Crippen LogP contribution is -2.36. The molecular weight excluding hydrogens is 455 g/mol. The third kappa shape index (κ3) is 3.99. The first-order valence-corrected chi connectivity index (χ1v) is 12.0.